The minimum atomic E-state index is -3.45. The van der Waals surface area contributed by atoms with Crippen molar-refractivity contribution in [2.45, 2.75) is 50.5 Å². The molecule has 1 amide bonds. The minimum Gasteiger partial charge on any atom is -0.377 e. The lowest BCUT2D eigenvalue weighted by molar-refractivity contribution is -0.138. The molecule has 24 heavy (non-hydrogen) atoms. The van der Waals surface area contributed by atoms with E-state index in [9.17, 15) is 13.2 Å². The van der Waals surface area contributed by atoms with Crippen molar-refractivity contribution in [3.05, 3.63) is 29.8 Å². The topological polar surface area (TPSA) is 63.7 Å². The number of benzene rings is 1. The highest BCUT2D eigenvalue weighted by Crippen LogP contribution is 2.24. The van der Waals surface area contributed by atoms with Crippen molar-refractivity contribution in [1.29, 1.82) is 0 Å². The molecule has 1 heterocycles. The number of sulfone groups is 1. The molecule has 1 aliphatic rings. The smallest absolute Gasteiger partial charge is 0.224 e. The predicted octanol–water partition coefficient (Wildman–Crippen LogP) is 2.40. The van der Waals surface area contributed by atoms with E-state index in [1.165, 1.54) is 0 Å². The summed E-state index contributed by atoms with van der Waals surface area (Å²) in [4.78, 5) is 14.3. The maximum atomic E-state index is 12.5. The minimum absolute atomic E-state index is 0.0000215. The molecule has 0 N–H and O–H groups in total. The van der Waals surface area contributed by atoms with E-state index in [1.807, 2.05) is 19.1 Å². The second-order valence-corrected chi connectivity index (χ2v) is 9.46. The normalized spacial score (nSPS) is 19.3. The Labute approximate surface area is 144 Å². The van der Waals surface area contributed by atoms with Gasteiger partial charge in [0.2, 0.25) is 5.91 Å². The van der Waals surface area contributed by atoms with Gasteiger partial charge in [-0.05, 0) is 30.0 Å². The van der Waals surface area contributed by atoms with Crippen molar-refractivity contribution in [2.75, 3.05) is 25.5 Å². The fourth-order valence-corrected chi connectivity index (χ4v) is 3.97. The van der Waals surface area contributed by atoms with Gasteiger partial charge in [-0.1, -0.05) is 32.9 Å². The molecule has 0 aliphatic carbocycles. The zero-order chi connectivity index (χ0) is 18.0. The van der Waals surface area contributed by atoms with Crippen LogP contribution in [0.3, 0.4) is 0 Å². The van der Waals surface area contributed by atoms with Crippen molar-refractivity contribution in [3.8, 4) is 0 Å². The van der Waals surface area contributed by atoms with E-state index < -0.39 is 9.84 Å². The lowest BCUT2D eigenvalue weighted by Crippen LogP contribution is -2.47. The second-order valence-electron chi connectivity index (χ2n) is 7.35. The van der Waals surface area contributed by atoms with Crippen LogP contribution in [-0.4, -0.2) is 50.8 Å². The number of hydrogen-bond donors (Lipinski definition) is 0. The summed E-state index contributed by atoms with van der Waals surface area (Å²) >= 11 is 0. The molecule has 0 aromatic heterocycles. The Hall–Kier alpha value is -1.40. The lowest BCUT2D eigenvalue weighted by atomic mass is 9.87. The van der Waals surface area contributed by atoms with Crippen LogP contribution in [-0.2, 0) is 24.8 Å². The Kier molecular flexibility index (Phi) is 5.71. The third kappa shape index (κ3) is 4.57. The summed E-state index contributed by atoms with van der Waals surface area (Å²) in [6, 6.07) is 6.97. The van der Waals surface area contributed by atoms with Gasteiger partial charge < -0.3 is 9.64 Å². The number of carbonyl (C=O) groups excluding carboxylic acids is 1. The van der Waals surface area contributed by atoms with Gasteiger partial charge in [-0.2, -0.15) is 0 Å². The Morgan fingerprint density at radius 1 is 1.25 bits per heavy atom. The molecule has 1 unspecified atom stereocenters. The number of hydrogen-bond acceptors (Lipinski definition) is 4. The van der Waals surface area contributed by atoms with E-state index >= 15 is 0 Å². The van der Waals surface area contributed by atoms with Gasteiger partial charge in [0.15, 0.2) is 9.84 Å². The summed E-state index contributed by atoms with van der Waals surface area (Å²) in [7, 11) is -3.45. The number of carbonyl (C=O) groups is 1. The van der Waals surface area contributed by atoms with Crippen LogP contribution < -0.4 is 0 Å². The predicted molar refractivity (Wildman–Crippen MR) is 93.8 cm³/mol. The number of nitrogens with zero attached hydrogens (tertiary/aromatic N) is 1. The van der Waals surface area contributed by atoms with Crippen LogP contribution >= 0.6 is 0 Å². The fourth-order valence-electron chi connectivity index (χ4n) is 2.74. The van der Waals surface area contributed by atoms with Crippen LogP contribution in [0.2, 0.25) is 0 Å². The van der Waals surface area contributed by atoms with Crippen LogP contribution in [0.1, 0.15) is 39.7 Å². The molecular formula is C18H27NO4S. The molecule has 0 saturated carbocycles. The van der Waals surface area contributed by atoms with Gasteiger partial charge in [-0.25, -0.2) is 8.42 Å². The van der Waals surface area contributed by atoms with Gasteiger partial charge in [-0.15, -0.1) is 0 Å². The first-order valence-electron chi connectivity index (χ1n) is 8.32. The Balaban J connectivity index is 2.02. The zero-order valence-corrected chi connectivity index (χ0v) is 15.7. The summed E-state index contributed by atoms with van der Waals surface area (Å²) in [5, 5.41) is 0. The maximum absolute atomic E-state index is 12.5. The molecule has 6 heteroatoms. The van der Waals surface area contributed by atoms with E-state index in [0.29, 0.717) is 19.8 Å². The van der Waals surface area contributed by atoms with Gasteiger partial charge in [0.25, 0.3) is 0 Å². The van der Waals surface area contributed by atoms with Gasteiger partial charge in [0.05, 0.1) is 29.9 Å². The van der Waals surface area contributed by atoms with Gasteiger partial charge in [-0.3, -0.25) is 4.79 Å². The van der Waals surface area contributed by atoms with Crippen LogP contribution in [0, 0.1) is 0 Å². The maximum Gasteiger partial charge on any atom is 0.224 e. The summed E-state index contributed by atoms with van der Waals surface area (Å²) in [5.41, 5.74) is 1.06. The van der Waals surface area contributed by atoms with E-state index in [1.54, 1.807) is 17.0 Å². The van der Waals surface area contributed by atoms with E-state index in [4.69, 9.17) is 4.74 Å². The molecule has 0 spiro atoms. The summed E-state index contributed by atoms with van der Waals surface area (Å²) < 4.78 is 30.2. The molecule has 1 aromatic carbocycles. The Morgan fingerprint density at radius 3 is 2.42 bits per heavy atom. The molecule has 1 fully saturated rings. The molecule has 2 rings (SSSR count). The van der Waals surface area contributed by atoms with Crippen LogP contribution in [0.4, 0.5) is 0 Å². The third-order valence-electron chi connectivity index (χ3n) is 4.35. The number of amides is 1. The van der Waals surface area contributed by atoms with Gasteiger partial charge in [0.1, 0.15) is 0 Å². The Bertz CT molecular complexity index is 674. The van der Waals surface area contributed by atoms with Crippen molar-refractivity contribution >= 4 is 15.7 Å². The number of ether oxygens (including phenoxy) is 1. The molecule has 5 nitrogen and oxygen atoms in total. The quantitative estimate of drug-likeness (QED) is 0.834. The highest BCUT2D eigenvalue weighted by atomic mass is 32.2. The van der Waals surface area contributed by atoms with Crippen molar-refractivity contribution in [3.63, 3.8) is 0 Å². The van der Waals surface area contributed by atoms with Gasteiger partial charge in [0, 0.05) is 13.0 Å². The van der Waals surface area contributed by atoms with E-state index in [0.717, 1.165) is 5.56 Å². The average Bonchev–Trinajstić information content (AvgIpc) is 2.52. The second kappa shape index (κ2) is 7.23. The first-order chi connectivity index (χ1) is 11.1. The molecule has 1 aliphatic heterocycles. The van der Waals surface area contributed by atoms with Crippen molar-refractivity contribution < 1.29 is 17.9 Å². The molecular weight excluding hydrogens is 326 g/mol. The fraction of sp³-hybridized carbons (Fsp3) is 0.611. The highest BCUT2D eigenvalue weighted by molar-refractivity contribution is 7.91. The largest absolute Gasteiger partial charge is 0.377 e. The summed E-state index contributed by atoms with van der Waals surface area (Å²) in [6.07, 6.45) is 0.00763. The summed E-state index contributed by atoms with van der Waals surface area (Å²) in [6.45, 7) is 9.71. The SMILES string of the molecule is CC1COCCN1C(=O)CCS(=O)(=O)c1ccc(C(C)(C)C)cc1. The van der Waals surface area contributed by atoms with Crippen LogP contribution in [0.5, 0.6) is 0 Å². The van der Waals surface area contributed by atoms with Crippen molar-refractivity contribution in [1.82, 2.24) is 4.90 Å². The molecule has 1 saturated heterocycles. The van der Waals surface area contributed by atoms with E-state index in [-0.39, 0.29) is 34.4 Å². The first kappa shape index (κ1) is 18.9. The van der Waals surface area contributed by atoms with Gasteiger partial charge >= 0.3 is 0 Å². The molecule has 134 valence electrons. The molecule has 0 bridgehead atoms. The summed E-state index contributed by atoms with van der Waals surface area (Å²) in [5.74, 6) is -0.286. The monoisotopic (exact) mass is 353 g/mol. The third-order valence-corrected chi connectivity index (χ3v) is 6.08. The zero-order valence-electron chi connectivity index (χ0n) is 14.9. The average molecular weight is 353 g/mol. The lowest BCUT2D eigenvalue weighted by Gasteiger charge is -2.33. The Morgan fingerprint density at radius 2 is 1.88 bits per heavy atom. The molecule has 0 radical (unpaired) electrons. The standard InChI is InChI=1S/C18H27NO4S/c1-14-13-23-11-10-19(14)17(20)9-12-24(21,22)16-7-5-15(6-8-16)18(2,3)4/h5-8,14H,9-13H2,1-4H3. The first-order valence-corrected chi connectivity index (χ1v) is 9.97. The van der Waals surface area contributed by atoms with E-state index in [2.05, 4.69) is 20.8 Å². The van der Waals surface area contributed by atoms with Crippen LogP contribution in [0.15, 0.2) is 29.2 Å². The van der Waals surface area contributed by atoms with Crippen LogP contribution in [0.25, 0.3) is 0 Å². The number of rotatable bonds is 4. The van der Waals surface area contributed by atoms with Crippen molar-refractivity contribution in [2.24, 2.45) is 0 Å². The highest BCUT2D eigenvalue weighted by Gasteiger charge is 2.25. The number of morpholine rings is 1. The molecule has 1 aromatic rings. The molecule has 1 atom stereocenters.